The second-order valence-electron chi connectivity index (χ2n) is 3.16. The molecule has 1 aromatic carbocycles. The van der Waals surface area contributed by atoms with Crippen LogP contribution in [0.3, 0.4) is 0 Å². The second-order valence-corrected chi connectivity index (χ2v) is 4.96. The summed E-state index contributed by atoms with van der Waals surface area (Å²) in [5, 5.41) is 10.9. The lowest BCUT2D eigenvalue weighted by atomic mass is 10.2. The van der Waals surface area contributed by atoms with Gasteiger partial charge in [-0.3, -0.25) is 0 Å². The molecule has 0 unspecified atom stereocenters. The summed E-state index contributed by atoms with van der Waals surface area (Å²) < 4.78 is 25.1. The van der Waals surface area contributed by atoms with Gasteiger partial charge in [0, 0.05) is 6.54 Å². The van der Waals surface area contributed by atoms with Gasteiger partial charge in [0.1, 0.15) is 5.75 Å². The molecule has 0 aliphatic heterocycles. The first-order valence-electron chi connectivity index (χ1n) is 4.51. The first-order valence-corrected chi connectivity index (χ1v) is 6.16. The van der Waals surface area contributed by atoms with Crippen molar-refractivity contribution in [3.05, 3.63) is 35.9 Å². The number of nitrogens with two attached hydrogens (primary N) is 1. The summed E-state index contributed by atoms with van der Waals surface area (Å²) in [7, 11) is -3.56. The fourth-order valence-corrected chi connectivity index (χ4v) is 2.00. The SMILES string of the molecule is NC(CS(=O)(=O)NCc1ccccc1)=NO. The van der Waals surface area contributed by atoms with Crippen LogP contribution < -0.4 is 10.5 Å². The van der Waals surface area contributed by atoms with Crippen LogP contribution in [0.1, 0.15) is 5.56 Å². The molecule has 0 saturated heterocycles. The lowest BCUT2D eigenvalue weighted by molar-refractivity contribution is 0.318. The van der Waals surface area contributed by atoms with Crippen LogP contribution >= 0.6 is 0 Å². The topological polar surface area (TPSA) is 105 Å². The van der Waals surface area contributed by atoms with E-state index in [1.165, 1.54) is 0 Å². The van der Waals surface area contributed by atoms with Crippen molar-refractivity contribution < 1.29 is 13.6 Å². The average Bonchev–Trinajstić information content (AvgIpc) is 2.27. The summed E-state index contributed by atoms with van der Waals surface area (Å²) in [5.74, 6) is -0.864. The van der Waals surface area contributed by atoms with E-state index in [0.717, 1.165) is 5.56 Å². The molecular formula is C9H13N3O3S. The fraction of sp³-hybridized carbons (Fsp3) is 0.222. The van der Waals surface area contributed by atoms with E-state index in [1.54, 1.807) is 12.1 Å². The van der Waals surface area contributed by atoms with Crippen molar-refractivity contribution in [2.24, 2.45) is 10.9 Å². The van der Waals surface area contributed by atoms with Crippen LogP contribution in [0.15, 0.2) is 35.5 Å². The van der Waals surface area contributed by atoms with Crippen LogP contribution in [-0.4, -0.2) is 25.2 Å². The molecule has 6 nitrogen and oxygen atoms in total. The second kappa shape index (κ2) is 5.47. The minimum Gasteiger partial charge on any atom is -0.409 e. The molecule has 0 spiro atoms. The van der Waals surface area contributed by atoms with Crippen molar-refractivity contribution in [2.45, 2.75) is 6.54 Å². The number of sulfonamides is 1. The maximum atomic E-state index is 11.4. The Hall–Kier alpha value is -1.60. The zero-order valence-electron chi connectivity index (χ0n) is 8.50. The Morgan fingerprint density at radius 3 is 2.56 bits per heavy atom. The van der Waals surface area contributed by atoms with Crippen molar-refractivity contribution in [3.8, 4) is 0 Å². The molecule has 1 aromatic rings. The molecule has 7 heteroatoms. The van der Waals surface area contributed by atoms with Gasteiger partial charge in [-0.25, -0.2) is 13.1 Å². The minimum atomic E-state index is -3.56. The molecular weight excluding hydrogens is 230 g/mol. The third-order valence-corrected chi connectivity index (χ3v) is 3.07. The van der Waals surface area contributed by atoms with Gasteiger partial charge in [-0.1, -0.05) is 35.5 Å². The van der Waals surface area contributed by atoms with Crippen molar-refractivity contribution in [1.82, 2.24) is 4.72 Å². The molecule has 0 aliphatic carbocycles. The van der Waals surface area contributed by atoms with Crippen molar-refractivity contribution in [3.63, 3.8) is 0 Å². The van der Waals surface area contributed by atoms with Crippen LogP contribution in [0.25, 0.3) is 0 Å². The summed E-state index contributed by atoms with van der Waals surface area (Å²) in [4.78, 5) is 0. The minimum absolute atomic E-state index is 0.182. The summed E-state index contributed by atoms with van der Waals surface area (Å²) in [6.45, 7) is 0.182. The summed E-state index contributed by atoms with van der Waals surface area (Å²) in [5.41, 5.74) is 5.95. The number of amidine groups is 1. The molecule has 4 N–H and O–H groups in total. The molecule has 0 bridgehead atoms. The van der Waals surface area contributed by atoms with Crippen molar-refractivity contribution in [2.75, 3.05) is 5.75 Å². The summed E-state index contributed by atoms with van der Waals surface area (Å²) in [6.07, 6.45) is 0. The molecule has 0 radical (unpaired) electrons. The van der Waals surface area contributed by atoms with E-state index in [2.05, 4.69) is 9.88 Å². The van der Waals surface area contributed by atoms with Gasteiger partial charge in [-0.05, 0) is 5.56 Å². The molecule has 0 fully saturated rings. The van der Waals surface area contributed by atoms with E-state index in [0.29, 0.717) is 0 Å². The highest BCUT2D eigenvalue weighted by atomic mass is 32.2. The zero-order valence-corrected chi connectivity index (χ0v) is 9.31. The quantitative estimate of drug-likeness (QED) is 0.289. The Labute approximate surface area is 93.8 Å². The smallest absolute Gasteiger partial charge is 0.219 e. The molecule has 0 saturated carbocycles. The Morgan fingerprint density at radius 2 is 2.00 bits per heavy atom. The van der Waals surface area contributed by atoms with Crippen molar-refractivity contribution >= 4 is 15.9 Å². The molecule has 0 amide bonds. The highest BCUT2D eigenvalue weighted by Crippen LogP contribution is 1.98. The van der Waals surface area contributed by atoms with Crippen LogP contribution in [0.5, 0.6) is 0 Å². The number of hydrogen-bond donors (Lipinski definition) is 3. The molecule has 1 rings (SSSR count). The van der Waals surface area contributed by atoms with Gasteiger partial charge in [0.25, 0.3) is 0 Å². The lowest BCUT2D eigenvalue weighted by Crippen LogP contribution is -2.33. The third kappa shape index (κ3) is 4.28. The van der Waals surface area contributed by atoms with Gasteiger partial charge in [-0.2, -0.15) is 0 Å². The number of oxime groups is 1. The molecule has 0 atom stereocenters. The van der Waals surface area contributed by atoms with Gasteiger partial charge in [-0.15, -0.1) is 0 Å². The van der Waals surface area contributed by atoms with E-state index >= 15 is 0 Å². The number of nitrogens with zero attached hydrogens (tertiary/aromatic N) is 1. The van der Waals surface area contributed by atoms with Crippen LogP contribution in [0.4, 0.5) is 0 Å². The van der Waals surface area contributed by atoms with E-state index in [9.17, 15) is 8.42 Å². The van der Waals surface area contributed by atoms with E-state index < -0.39 is 15.8 Å². The fourth-order valence-electron chi connectivity index (χ4n) is 1.06. The zero-order chi connectivity index (χ0) is 12.0. The third-order valence-electron chi connectivity index (χ3n) is 1.81. The Balaban J connectivity index is 2.55. The van der Waals surface area contributed by atoms with Crippen molar-refractivity contribution in [1.29, 1.82) is 0 Å². The average molecular weight is 243 g/mol. The maximum Gasteiger partial charge on any atom is 0.219 e. The van der Waals surface area contributed by atoms with E-state index in [1.807, 2.05) is 18.2 Å². The number of nitrogens with one attached hydrogen (secondary N) is 1. The molecule has 88 valence electrons. The molecule has 0 heterocycles. The largest absolute Gasteiger partial charge is 0.409 e. The van der Waals surface area contributed by atoms with Crippen LogP contribution in [-0.2, 0) is 16.6 Å². The Bertz CT molecular complexity index is 456. The number of rotatable bonds is 5. The highest BCUT2D eigenvalue weighted by molar-refractivity contribution is 7.90. The molecule has 0 aliphatic rings. The predicted molar refractivity (Wildman–Crippen MR) is 60.5 cm³/mol. The highest BCUT2D eigenvalue weighted by Gasteiger charge is 2.12. The van der Waals surface area contributed by atoms with Crippen LogP contribution in [0, 0.1) is 0 Å². The van der Waals surface area contributed by atoms with Gasteiger partial charge >= 0.3 is 0 Å². The van der Waals surface area contributed by atoms with Crippen LogP contribution in [0.2, 0.25) is 0 Å². The predicted octanol–water partition coefficient (Wildman–Crippen LogP) is -0.148. The Morgan fingerprint density at radius 1 is 1.38 bits per heavy atom. The molecule has 16 heavy (non-hydrogen) atoms. The first-order chi connectivity index (χ1) is 7.53. The monoisotopic (exact) mass is 243 g/mol. The van der Waals surface area contributed by atoms with Gasteiger partial charge < -0.3 is 10.9 Å². The molecule has 0 aromatic heterocycles. The summed E-state index contributed by atoms with van der Waals surface area (Å²) in [6, 6.07) is 9.06. The number of hydrogen-bond acceptors (Lipinski definition) is 4. The lowest BCUT2D eigenvalue weighted by Gasteiger charge is -2.05. The first kappa shape index (κ1) is 12.5. The maximum absolute atomic E-state index is 11.4. The van der Waals surface area contributed by atoms with Gasteiger partial charge in [0.2, 0.25) is 10.0 Å². The Kier molecular flexibility index (Phi) is 4.27. The van der Waals surface area contributed by atoms with E-state index in [-0.39, 0.29) is 12.4 Å². The standard InChI is InChI=1S/C9H13N3O3S/c10-9(12-13)7-16(14,15)11-6-8-4-2-1-3-5-8/h1-5,11,13H,6-7H2,(H2,10,12). The normalized spacial score (nSPS) is 12.6. The van der Waals surface area contributed by atoms with E-state index in [4.69, 9.17) is 10.9 Å². The number of benzene rings is 1. The summed E-state index contributed by atoms with van der Waals surface area (Å²) >= 11 is 0. The van der Waals surface area contributed by atoms with Gasteiger partial charge in [0.15, 0.2) is 5.84 Å². The van der Waals surface area contributed by atoms with Gasteiger partial charge in [0.05, 0.1) is 0 Å².